The maximum absolute atomic E-state index is 12.5. The van der Waals surface area contributed by atoms with Crippen molar-refractivity contribution in [2.24, 2.45) is 0 Å². The zero-order chi connectivity index (χ0) is 16.8. The van der Waals surface area contributed by atoms with Gasteiger partial charge in [-0.2, -0.15) is 0 Å². The van der Waals surface area contributed by atoms with Crippen LogP contribution in [0, 0.1) is 0 Å². The van der Waals surface area contributed by atoms with Crippen molar-refractivity contribution in [2.45, 2.75) is 25.8 Å². The molecule has 122 valence electrons. The first-order chi connectivity index (χ1) is 11.0. The van der Waals surface area contributed by atoms with E-state index in [9.17, 15) is 9.59 Å². The molecule has 0 saturated carbocycles. The molecular formula is C15H16BrN3O3S. The van der Waals surface area contributed by atoms with E-state index in [0.717, 1.165) is 21.6 Å². The lowest BCUT2D eigenvalue weighted by Crippen LogP contribution is -2.30. The van der Waals surface area contributed by atoms with Crippen LogP contribution in [-0.2, 0) is 16.0 Å². The number of amides is 1. The molecule has 23 heavy (non-hydrogen) atoms. The Kier molecular flexibility index (Phi) is 6.23. The Hall–Kier alpha value is -1.80. The molecule has 2 rings (SSSR count). The lowest BCUT2D eigenvalue weighted by atomic mass is 10.0. The number of aromatic nitrogens is 2. The Balaban J connectivity index is 2.21. The molecule has 1 heterocycles. The number of benzene rings is 1. The number of rotatable bonds is 6. The van der Waals surface area contributed by atoms with Gasteiger partial charge in [0.25, 0.3) is 5.91 Å². The standard InChI is InChI=1S/C15H16BrN3O3S/c1-3-11-14(23-19-18-11)15(21)17-12(8-13(20)22-2)9-4-6-10(16)7-5-9/h4-7,12H,3,8H2,1-2H3,(H,17,21). The Morgan fingerprint density at radius 2 is 2.04 bits per heavy atom. The van der Waals surface area contributed by atoms with E-state index in [1.807, 2.05) is 31.2 Å². The first-order valence-corrected chi connectivity index (χ1v) is 8.56. The average Bonchev–Trinajstić information content (AvgIpc) is 3.03. The highest BCUT2D eigenvalue weighted by Crippen LogP contribution is 2.22. The number of carbonyl (C=O) groups excluding carboxylic acids is 2. The molecule has 0 aliphatic carbocycles. The van der Waals surface area contributed by atoms with E-state index in [-0.39, 0.29) is 12.3 Å². The van der Waals surface area contributed by atoms with Crippen molar-refractivity contribution < 1.29 is 14.3 Å². The van der Waals surface area contributed by atoms with Gasteiger partial charge in [-0.05, 0) is 35.6 Å². The molecule has 1 N–H and O–H groups in total. The molecule has 0 bridgehead atoms. The summed E-state index contributed by atoms with van der Waals surface area (Å²) in [6.45, 7) is 1.91. The monoisotopic (exact) mass is 397 g/mol. The van der Waals surface area contributed by atoms with Gasteiger partial charge in [-0.15, -0.1) is 5.10 Å². The van der Waals surface area contributed by atoms with Crippen LogP contribution in [0.25, 0.3) is 0 Å². The lowest BCUT2D eigenvalue weighted by Gasteiger charge is -2.18. The second kappa shape index (κ2) is 8.16. The van der Waals surface area contributed by atoms with Crippen molar-refractivity contribution in [2.75, 3.05) is 7.11 Å². The van der Waals surface area contributed by atoms with Crippen LogP contribution in [0.4, 0.5) is 0 Å². The molecule has 0 saturated heterocycles. The van der Waals surface area contributed by atoms with Crippen molar-refractivity contribution in [3.8, 4) is 0 Å². The minimum absolute atomic E-state index is 0.0531. The number of esters is 1. The van der Waals surface area contributed by atoms with E-state index >= 15 is 0 Å². The number of methoxy groups -OCH3 is 1. The molecule has 0 fully saturated rings. The van der Waals surface area contributed by atoms with Crippen molar-refractivity contribution in [3.05, 3.63) is 44.9 Å². The van der Waals surface area contributed by atoms with Gasteiger partial charge in [0.2, 0.25) is 0 Å². The summed E-state index contributed by atoms with van der Waals surface area (Å²) in [5.41, 5.74) is 1.47. The Morgan fingerprint density at radius 1 is 1.35 bits per heavy atom. The highest BCUT2D eigenvalue weighted by molar-refractivity contribution is 9.10. The topological polar surface area (TPSA) is 81.2 Å². The molecule has 8 heteroatoms. The van der Waals surface area contributed by atoms with Crippen LogP contribution >= 0.6 is 27.5 Å². The number of halogens is 1. The van der Waals surface area contributed by atoms with Gasteiger partial charge in [-0.1, -0.05) is 39.5 Å². The molecule has 1 aromatic heterocycles. The van der Waals surface area contributed by atoms with Crippen molar-refractivity contribution in [1.29, 1.82) is 0 Å². The second-order valence-corrected chi connectivity index (χ2v) is 6.43. The smallest absolute Gasteiger partial charge is 0.307 e. The largest absolute Gasteiger partial charge is 0.469 e. The van der Waals surface area contributed by atoms with E-state index in [4.69, 9.17) is 4.74 Å². The molecule has 1 atom stereocenters. The molecule has 1 amide bonds. The van der Waals surface area contributed by atoms with Gasteiger partial charge >= 0.3 is 5.97 Å². The minimum atomic E-state index is -0.477. The molecule has 6 nitrogen and oxygen atoms in total. The number of hydrogen-bond donors (Lipinski definition) is 1. The summed E-state index contributed by atoms with van der Waals surface area (Å²) in [4.78, 5) is 24.6. The fraction of sp³-hybridized carbons (Fsp3) is 0.333. The molecule has 2 aromatic rings. The Morgan fingerprint density at radius 3 is 2.65 bits per heavy atom. The van der Waals surface area contributed by atoms with Crippen LogP contribution in [0.5, 0.6) is 0 Å². The number of hydrogen-bond acceptors (Lipinski definition) is 6. The van der Waals surface area contributed by atoms with Gasteiger partial charge in [0.05, 0.1) is 25.3 Å². The summed E-state index contributed by atoms with van der Waals surface area (Å²) in [6, 6.07) is 6.94. The maximum atomic E-state index is 12.5. The second-order valence-electron chi connectivity index (χ2n) is 4.76. The highest BCUT2D eigenvalue weighted by Gasteiger charge is 2.22. The Labute approximate surface area is 146 Å². The number of carbonyl (C=O) groups is 2. The average molecular weight is 398 g/mol. The first kappa shape index (κ1) is 17.6. The van der Waals surface area contributed by atoms with Gasteiger partial charge < -0.3 is 10.1 Å². The number of nitrogens with one attached hydrogen (secondary N) is 1. The quantitative estimate of drug-likeness (QED) is 0.757. The summed E-state index contributed by atoms with van der Waals surface area (Å²) in [7, 11) is 1.32. The summed E-state index contributed by atoms with van der Waals surface area (Å²) in [5.74, 6) is -0.676. The van der Waals surface area contributed by atoms with E-state index < -0.39 is 12.0 Å². The van der Waals surface area contributed by atoms with Gasteiger partial charge in [-0.25, -0.2) is 0 Å². The van der Waals surface area contributed by atoms with Gasteiger partial charge in [0, 0.05) is 4.47 Å². The number of aryl methyl sites for hydroxylation is 1. The summed E-state index contributed by atoms with van der Waals surface area (Å²) >= 11 is 4.42. The first-order valence-electron chi connectivity index (χ1n) is 6.99. The SMILES string of the molecule is CCc1nnsc1C(=O)NC(CC(=O)OC)c1ccc(Br)cc1. The molecule has 1 unspecified atom stereocenters. The zero-order valence-electron chi connectivity index (χ0n) is 12.7. The minimum Gasteiger partial charge on any atom is -0.469 e. The normalized spacial score (nSPS) is 11.8. The number of ether oxygens (including phenoxy) is 1. The van der Waals surface area contributed by atoms with Crippen molar-refractivity contribution in [1.82, 2.24) is 14.9 Å². The van der Waals surface area contributed by atoms with Crippen LogP contribution in [0.1, 0.15) is 40.3 Å². The predicted molar refractivity (Wildman–Crippen MR) is 90.3 cm³/mol. The number of nitrogens with zero attached hydrogens (tertiary/aromatic N) is 2. The summed E-state index contributed by atoms with van der Waals surface area (Å²) in [5, 5.41) is 6.80. The molecule has 0 aliphatic rings. The summed E-state index contributed by atoms with van der Waals surface area (Å²) in [6.07, 6.45) is 0.677. The molecule has 0 spiro atoms. The fourth-order valence-corrected chi connectivity index (χ4v) is 2.95. The van der Waals surface area contributed by atoms with E-state index in [2.05, 4.69) is 30.8 Å². The highest BCUT2D eigenvalue weighted by atomic mass is 79.9. The lowest BCUT2D eigenvalue weighted by molar-refractivity contribution is -0.141. The molecular weight excluding hydrogens is 382 g/mol. The van der Waals surface area contributed by atoms with E-state index in [1.165, 1.54) is 7.11 Å². The molecule has 1 aromatic carbocycles. The van der Waals surface area contributed by atoms with Crippen LogP contribution in [-0.4, -0.2) is 28.6 Å². The summed E-state index contributed by atoms with van der Waals surface area (Å²) < 4.78 is 9.46. The zero-order valence-corrected chi connectivity index (χ0v) is 15.1. The van der Waals surface area contributed by atoms with Gasteiger partial charge in [0.1, 0.15) is 4.88 Å². The molecule has 0 aliphatic heterocycles. The van der Waals surface area contributed by atoms with Crippen molar-refractivity contribution in [3.63, 3.8) is 0 Å². The van der Waals surface area contributed by atoms with Gasteiger partial charge in [-0.3, -0.25) is 9.59 Å². The van der Waals surface area contributed by atoms with Crippen LogP contribution in [0.2, 0.25) is 0 Å². The maximum Gasteiger partial charge on any atom is 0.307 e. The third-order valence-electron chi connectivity index (χ3n) is 3.27. The fourth-order valence-electron chi connectivity index (χ4n) is 2.03. The van der Waals surface area contributed by atoms with Crippen LogP contribution < -0.4 is 5.32 Å². The van der Waals surface area contributed by atoms with Crippen LogP contribution in [0.15, 0.2) is 28.7 Å². The molecule has 0 radical (unpaired) electrons. The third-order valence-corrected chi connectivity index (χ3v) is 4.57. The predicted octanol–water partition coefficient (Wildman–Crippen LogP) is 2.90. The van der Waals surface area contributed by atoms with Gasteiger partial charge in [0.15, 0.2) is 0 Å². The third kappa shape index (κ3) is 4.59. The van der Waals surface area contributed by atoms with Crippen LogP contribution in [0.3, 0.4) is 0 Å². The van der Waals surface area contributed by atoms with Crippen molar-refractivity contribution >= 4 is 39.3 Å². The van der Waals surface area contributed by atoms with E-state index in [0.29, 0.717) is 17.0 Å². The Bertz CT molecular complexity index is 688. The van der Waals surface area contributed by atoms with E-state index in [1.54, 1.807) is 0 Å².